The molecule has 0 aliphatic rings. The van der Waals surface area contributed by atoms with Crippen molar-refractivity contribution in [3.8, 4) is 0 Å². The van der Waals surface area contributed by atoms with Crippen LogP contribution in [0.4, 0.5) is 10.7 Å². The summed E-state index contributed by atoms with van der Waals surface area (Å²) < 4.78 is 0. The number of nitrogen functional groups attached to an aromatic ring is 1. The normalized spacial score (nSPS) is 11.9. The van der Waals surface area contributed by atoms with E-state index in [0.717, 1.165) is 16.9 Å². The highest BCUT2D eigenvalue weighted by Gasteiger charge is 2.23. The van der Waals surface area contributed by atoms with Gasteiger partial charge >= 0.3 is 0 Å². The Kier molecular flexibility index (Phi) is 4.23. The molecule has 7 heteroatoms. The molecule has 1 amide bonds. The number of amides is 1. The van der Waals surface area contributed by atoms with Gasteiger partial charge in [-0.1, -0.05) is 6.07 Å². The van der Waals surface area contributed by atoms with Crippen LogP contribution < -0.4 is 16.8 Å². The molecule has 6 nitrogen and oxygen atoms in total. The highest BCUT2D eigenvalue weighted by atomic mass is 32.1. The largest absolute Gasteiger partial charge is 0.397 e. The van der Waals surface area contributed by atoms with E-state index < -0.39 is 5.91 Å². The van der Waals surface area contributed by atoms with E-state index in [1.54, 1.807) is 12.4 Å². The SMILES string of the molecule is CC(=O)c1sc(NC(C)c2cccnc2)c(C(N)=O)c1N. The summed E-state index contributed by atoms with van der Waals surface area (Å²) in [5.41, 5.74) is 12.5. The number of nitrogens with one attached hydrogen (secondary N) is 1. The van der Waals surface area contributed by atoms with Gasteiger partial charge in [-0.3, -0.25) is 14.6 Å². The molecule has 2 rings (SSSR count). The van der Waals surface area contributed by atoms with E-state index in [2.05, 4.69) is 10.3 Å². The van der Waals surface area contributed by atoms with Gasteiger partial charge in [-0.05, 0) is 18.6 Å². The van der Waals surface area contributed by atoms with Gasteiger partial charge in [-0.25, -0.2) is 0 Å². The molecule has 0 saturated heterocycles. The molecule has 0 aliphatic carbocycles. The second-order valence-corrected chi connectivity index (χ2v) is 5.64. The highest BCUT2D eigenvalue weighted by molar-refractivity contribution is 7.19. The number of nitrogens with zero attached hydrogens (tertiary/aromatic N) is 1. The molecule has 1 atom stereocenters. The van der Waals surface area contributed by atoms with Crippen LogP contribution in [0.1, 0.15) is 45.5 Å². The first-order valence-electron chi connectivity index (χ1n) is 6.31. The summed E-state index contributed by atoms with van der Waals surface area (Å²) in [5, 5.41) is 3.67. The van der Waals surface area contributed by atoms with E-state index in [1.165, 1.54) is 6.92 Å². The molecule has 0 aliphatic heterocycles. The summed E-state index contributed by atoms with van der Waals surface area (Å²) in [7, 11) is 0. The maximum atomic E-state index is 11.6. The molecular formula is C14H16N4O2S. The van der Waals surface area contributed by atoms with Crippen molar-refractivity contribution >= 4 is 33.7 Å². The number of aromatic nitrogens is 1. The monoisotopic (exact) mass is 304 g/mol. The minimum atomic E-state index is -0.655. The van der Waals surface area contributed by atoms with Crippen molar-refractivity contribution in [3.63, 3.8) is 0 Å². The molecule has 0 bridgehead atoms. The van der Waals surface area contributed by atoms with Gasteiger partial charge in [0.2, 0.25) is 0 Å². The third-order valence-corrected chi connectivity index (χ3v) is 4.28. The highest BCUT2D eigenvalue weighted by Crippen LogP contribution is 2.37. The number of carbonyl (C=O) groups excluding carboxylic acids is 2. The van der Waals surface area contributed by atoms with Crippen LogP contribution in [0.15, 0.2) is 24.5 Å². The van der Waals surface area contributed by atoms with Crippen molar-refractivity contribution < 1.29 is 9.59 Å². The predicted octanol–water partition coefficient (Wildman–Crippen LogP) is 2.20. The van der Waals surface area contributed by atoms with E-state index in [1.807, 2.05) is 19.1 Å². The number of nitrogens with two attached hydrogens (primary N) is 2. The van der Waals surface area contributed by atoms with Crippen molar-refractivity contribution in [2.75, 3.05) is 11.1 Å². The van der Waals surface area contributed by atoms with Gasteiger partial charge in [0.05, 0.1) is 22.2 Å². The van der Waals surface area contributed by atoms with Crippen LogP contribution >= 0.6 is 11.3 Å². The summed E-state index contributed by atoms with van der Waals surface area (Å²) in [4.78, 5) is 27.5. The lowest BCUT2D eigenvalue weighted by Crippen LogP contribution is -2.16. The molecule has 5 N–H and O–H groups in total. The number of thiophene rings is 1. The molecule has 0 spiro atoms. The number of anilines is 2. The van der Waals surface area contributed by atoms with E-state index in [0.29, 0.717) is 9.88 Å². The molecule has 0 radical (unpaired) electrons. The Balaban J connectivity index is 2.38. The van der Waals surface area contributed by atoms with Crippen LogP contribution in [0.2, 0.25) is 0 Å². The molecule has 2 heterocycles. The molecule has 0 saturated carbocycles. The van der Waals surface area contributed by atoms with Gasteiger partial charge in [-0.2, -0.15) is 0 Å². The molecule has 0 fully saturated rings. The fourth-order valence-electron chi connectivity index (χ4n) is 1.96. The smallest absolute Gasteiger partial charge is 0.253 e. The zero-order chi connectivity index (χ0) is 15.6. The number of hydrogen-bond donors (Lipinski definition) is 3. The van der Waals surface area contributed by atoms with Crippen LogP contribution in [-0.2, 0) is 0 Å². The minimum Gasteiger partial charge on any atom is -0.397 e. The van der Waals surface area contributed by atoms with Crippen molar-refractivity contribution in [2.45, 2.75) is 19.9 Å². The Bertz CT molecular complexity index is 682. The van der Waals surface area contributed by atoms with Gasteiger partial charge in [-0.15, -0.1) is 11.3 Å². The number of rotatable bonds is 5. The fraction of sp³-hybridized carbons (Fsp3) is 0.214. The Labute approximate surface area is 126 Å². The van der Waals surface area contributed by atoms with Crippen molar-refractivity contribution in [1.29, 1.82) is 0 Å². The first-order chi connectivity index (χ1) is 9.91. The molecule has 110 valence electrons. The van der Waals surface area contributed by atoms with Crippen LogP contribution in [-0.4, -0.2) is 16.7 Å². The zero-order valence-corrected chi connectivity index (χ0v) is 12.5. The molecule has 2 aromatic rings. The number of carbonyl (C=O) groups is 2. The number of hydrogen-bond acceptors (Lipinski definition) is 6. The van der Waals surface area contributed by atoms with Gasteiger partial charge in [0.25, 0.3) is 5.91 Å². The van der Waals surface area contributed by atoms with Crippen molar-refractivity contribution in [1.82, 2.24) is 4.98 Å². The number of pyridine rings is 1. The third kappa shape index (κ3) is 3.03. The molecule has 21 heavy (non-hydrogen) atoms. The van der Waals surface area contributed by atoms with Gasteiger partial charge in [0.15, 0.2) is 5.78 Å². The summed E-state index contributed by atoms with van der Waals surface area (Å²) in [6.45, 7) is 3.33. The fourth-order valence-corrected chi connectivity index (χ4v) is 3.07. The molecule has 0 aromatic carbocycles. The van der Waals surface area contributed by atoms with Crippen LogP contribution in [0.5, 0.6) is 0 Å². The number of primary amides is 1. The average molecular weight is 304 g/mol. The standard InChI is InChI=1S/C14H16N4O2S/c1-7(9-4-3-5-17-6-9)18-14-10(13(16)20)11(15)12(21-14)8(2)19/h3-7,18H,15H2,1-2H3,(H2,16,20). The second kappa shape index (κ2) is 5.92. The van der Waals surface area contributed by atoms with Crippen LogP contribution in [0, 0.1) is 0 Å². The van der Waals surface area contributed by atoms with E-state index in [9.17, 15) is 9.59 Å². The first kappa shape index (κ1) is 15.0. The lowest BCUT2D eigenvalue weighted by Gasteiger charge is -2.14. The summed E-state index contributed by atoms with van der Waals surface area (Å²) in [6, 6.07) is 3.64. The average Bonchev–Trinajstić information content (AvgIpc) is 2.76. The van der Waals surface area contributed by atoms with E-state index in [4.69, 9.17) is 11.5 Å². The molecular weight excluding hydrogens is 288 g/mol. The second-order valence-electron chi connectivity index (χ2n) is 4.62. The van der Waals surface area contributed by atoms with Gasteiger partial charge < -0.3 is 16.8 Å². The first-order valence-corrected chi connectivity index (χ1v) is 7.13. The summed E-state index contributed by atoms with van der Waals surface area (Å²) >= 11 is 1.14. The number of ketones is 1. The Morgan fingerprint density at radius 1 is 1.43 bits per heavy atom. The van der Waals surface area contributed by atoms with Gasteiger partial charge in [0.1, 0.15) is 5.00 Å². The van der Waals surface area contributed by atoms with E-state index in [-0.39, 0.29) is 23.1 Å². The molecule has 2 aromatic heterocycles. The maximum Gasteiger partial charge on any atom is 0.253 e. The quantitative estimate of drug-likeness (QED) is 0.733. The Hall–Kier alpha value is -2.41. The predicted molar refractivity (Wildman–Crippen MR) is 83.5 cm³/mol. The van der Waals surface area contributed by atoms with Crippen LogP contribution in [0.25, 0.3) is 0 Å². The Morgan fingerprint density at radius 3 is 2.67 bits per heavy atom. The lowest BCUT2D eigenvalue weighted by molar-refractivity contribution is 0.100. The summed E-state index contributed by atoms with van der Waals surface area (Å²) in [6.07, 6.45) is 3.41. The third-order valence-electron chi connectivity index (χ3n) is 3.04. The minimum absolute atomic E-state index is 0.102. The van der Waals surface area contributed by atoms with Crippen molar-refractivity contribution in [2.24, 2.45) is 5.73 Å². The zero-order valence-electron chi connectivity index (χ0n) is 11.7. The Morgan fingerprint density at radius 2 is 2.14 bits per heavy atom. The van der Waals surface area contributed by atoms with Gasteiger partial charge in [0, 0.05) is 19.3 Å². The van der Waals surface area contributed by atoms with Crippen LogP contribution in [0.3, 0.4) is 0 Å². The topological polar surface area (TPSA) is 111 Å². The van der Waals surface area contributed by atoms with Crippen molar-refractivity contribution in [3.05, 3.63) is 40.5 Å². The lowest BCUT2D eigenvalue weighted by atomic mass is 10.1. The maximum absolute atomic E-state index is 11.6. The number of Topliss-reactive ketones (excluding diaryl/α,β-unsaturated/α-hetero) is 1. The summed E-state index contributed by atoms with van der Waals surface area (Å²) in [5.74, 6) is -0.848. The molecule has 1 unspecified atom stereocenters. The van der Waals surface area contributed by atoms with E-state index >= 15 is 0 Å².